The van der Waals surface area contributed by atoms with Gasteiger partial charge < -0.3 is 9.47 Å². The topological polar surface area (TPSA) is 66.0 Å². The average Bonchev–Trinajstić information content (AvgIpc) is 2.31. The van der Waals surface area contributed by atoms with Gasteiger partial charge in [-0.25, -0.2) is 0 Å². The summed E-state index contributed by atoms with van der Waals surface area (Å²) in [5.41, 5.74) is 2.15. The highest BCUT2D eigenvalue weighted by molar-refractivity contribution is 5.24. The second-order valence-electron chi connectivity index (χ2n) is 3.41. The van der Waals surface area contributed by atoms with Gasteiger partial charge in [0.15, 0.2) is 0 Å². The Bertz CT molecular complexity index is 383. The number of hydrogen-bond donors (Lipinski definition) is 0. The number of rotatable bonds is 5. The molecule has 1 aromatic carbocycles. The van der Waals surface area contributed by atoms with Crippen molar-refractivity contribution in [3.63, 3.8) is 0 Å². The summed E-state index contributed by atoms with van der Waals surface area (Å²) in [7, 11) is 0. The molecule has 16 heavy (non-hydrogen) atoms. The zero-order chi connectivity index (χ0) is 11.8. The Morgan fingerprint density at radius 3 is 2.00 bits per heavy atom. The van der Waals surface area contributed by atoms with Gasteiger partial charge in [0, 0.05) is 0 Å². The van der Waals surface area contributed by atoms with Crippen LogP contribution < -0.4 is 0 Å². The van der Waals surface area contributed by atoms with Crippen LogP contribution in [0.3, 0.4) is 0 Å². The van der Waals surface area contributed by atoms with Gasteiger partial charge in [-0.05, 0) is 12.5 Å². The molecule has 0 aliphatic carbocycles. The normalized spacial score (nSPS) is 9.25. The molecule has 4 nitrogen and oxygen atoms in total. The smallest absolute Gasteiger partial charge is 0.286 e. The van der Waals surface area contributed by atoms with Crippen molar-refractivity contribution in [2.45, 2.75) is 12.8 Å². The van der Waals surface area contributed by atoms with Crippen LogP contribution in [0.1, 0.15) is 17.0 Å². The molecule has 0 spiro atoms. The third-order valence-electron chi connectivity index (χ3n) is 2.25. The van der Waals surface area contributed by atoms with E-state index >= 15 is 0 Å². The standard InChI is InChI=1S/C12H12N2O2/c1-10-2-4-11(5-3-10)12(6-15-8-13)7-16-9-14/h2-5,12H,6-7H2,1H3. The minimum atomic E-state index is -0.0973. The van der Waals surface area contributed by atoms with Crippen molar-refractivity contribution in [2.24, 2.45) is 0 Å². The van der Waals surface area contributed by atoms with Crippen LogP contribution in [0, 0.1) is 30.0 Å². The molecule has 0 N–H and O–H groups in total. The van der Waals surface area contributed by atoms with Crippen molar-refractivity contribution in [1.82, 2.24) is 0 Å². The number of aryl methyl sites for hydroxylation is 1. The van der Waals surface area contributed by atoms with Crippen LogP contribution in [0.15, 0.2) is 24.3 Å². The van der Waals surface area contributed by atoms with E-state index in [-0.39, 0.29) is 19.1 Å². The third-order valence-corrected chi connectivity index (χ3v) is 2.25. The van der Waals surface area contributed by atoms with Crippen LogP contribution in [-0.2, 0) is 9.47 Å². The first-order valence-corrected chi connectivity index (χ1v) is 4.86. The van der Waals surface area contributed by atoms with Crippen molar-refractivity contribution in [3.05, 3.63) is 35.4 Å². The first kappa shape index (κ1) is 11.9. The molecule has 1 aromatic rings. The van der Waals surface area contributed by atoms with Gasteiger partial charge in [0.2, 0.25) is 0 Å². The van der Waals surface area contributed by atoms with Gasteiger partial charge >= 0.3 is 0 Å². The molecule has 0 fully saturated rings. The van der Waals surface area contributed by atoms with Crippen LogP contribution in [0.5, 0.6) is 0 Å². The second-order valence-corrected chi connectivity index (χ2v) is 3.41. The van der Waals surface area contributed by atoms with Crippen LogP contribution >= 0.6 is 0 Å². The molecule has 0 bridgehead atoms. The number of nitriles is 2. The Hall–Kier alpha value is -2.20. The van der Waals surface area contributed by atoms with Gasteiger partial charge in [-0.2, -0.15) is 10.5 Å². The predicted octanol–water partition coefficient (Wildman–Crippen LogP) is 2.07. The van der Waals surface area contributed by atoms with E-state index in [1.165, 1.54) is 0 Å². The summed E-state index contributed by atoms with van der Waals surface area (Å²) in [4.78, 5) is 0. The van der Waals surface area contributed by atoms with E-state index in [1.54, 1.807) is 12.5 Å². The Morgan fingerprint density at radius 2 is 1.56 bits per heavy atom. The van der Waals surface area contributed by atoms with E-state index in [4.69, 9.17) is 20.0 Å². The van der Waals surface area contributed by atoms with E-state index in [0.29, 0.717) is 0 Å². The lowest BCUT2D eigenvalue weighted by atomic mass is 10.00. The van der Waals surface area contributed by atoms with Gasteiger partial charge in [-0.1, -0.05) is 29.8 Å². The van der Waals surface area contributed by atoms with Crippen molar-refractivity contribution >= 4 is 0 Å². The predicted molar refractivity (Wildman–Crippen MR) is 57.1 cm³/mol. The molecule has 0 saturated heterocycles. The monoisotopic (exact) mass is 216 g/mol. The largest absolute Gasteiger partial charge is 0.427 e. The Morgan fingerprint density at radius 1 is 1.06 bits per heavy atom. The van der Waals surface area contributed by atoms with Crippen molar-refractivity contribution in [2.75, 3.05) is 13.2 Å². The van der Waals surface area contributed by atoms with Crippen LogP contribution in [0.2, 0.25) is 0 Å². The maximum absolute atomic E-state index is 8.35. The average molecular weight is 216 g/mol. The lowest BCUT2D eigenvalue weighted by molar-refractivity contribution is 0.177. The zero-order valence-corrected chi connectivity index (χ0v) is 9.01. The molecule has 0 amide bonds. The minimum absolute atomic E-state index is 0.0973. The lowest BCUT2D eigenvalue weighted by Crippen LogP contribution is -2.12. The molecule has 0 saturated carbocycles. The first-order chi connectivity index (χ1) is 7.77. The Balaban J connectivity index is 2.71. The van der Waals surface area contributed by atoms with Crippen molar-refractivity contribution in [1.29, 1.82) is 10.5 Å². The first-order valence-electron chi connectivity index (χ1n) is 4.86. The highest BCUT2D eigenvalue weighted by Crippen LogP contribution is 2.17. The summed E-state index contributed by atoms with van der Waals surface area (Å²) < 4.78 is 9.39. The fourth-order valence-electron chi connectivity index (χ4n) is 1.35. The molecular formula is C12H12N2O2. The molecular weight excluding hydrogens is 204 g/mol. The van der Waals surface area contributed by atoms with E-state index < -0.39 is 0 Å². The molecule has 0 atom stereocenters. The second kappa shape index (κ2) is 6.31. The molecule has 1 rings (SSSR count). The molecule has 0 heterocycles. The van der Waals surface area contributed by atoms with Gasteiger partial charge in [-0.3, -0.25) is 0 Å². The summed E-state index contributed by atoms with van der Waals surface area (Å²) in [5.74, 6) is -0.0973. The van der Waals surface area contributed by atoms with E-state index in [1.807, 2.05) is 31.2 Å². The summed E-state index contributed by atoms with van der Waals surface area (Å²) in [6.45, 7) is 2.44. The van der Waals surface area contributed by atoms with Crippen molar-refractivity contribution < 1.29 is 9.47 Å². The van der Waals surface area contributed by atoms with Crippen LogP contribution in [0.4, 0.5) is 0 Å². The maximum Gasteiger partial charge on any atom is 0.286 e. The highest BCUT2D eigenvalue weighted by Gasteiger charge is 2.13. The molecule has 4 heteroatoms. The van der Waals surface area contributed by atoms with Gasteiger partial charge in [0.05, 0.1) is 5.92 Å². The lowest BCUT2D eigenvalue weighted by Gasteiger charge is -2.13. The molecule has 0 aromatic heterocycles. The summed E-state index contributed by atoms with van der Waals surface area (Å²) in [6.07, 6.45) is 3.23. The number of benzene rings is 1. The fraction of sp³-hybridized carbons (Fsp3) is 0.333. The Labute approximate surface area is 94.6 Å². The number of ether oxygens (including phenoxy) is 2. The van der Waals surface area contributed by atoms with E-state index in [2.05, 4.69) is 0 Å². The molecule has 0 aliphatic heterocycles. The molecule has 82 valence electrons. The van der Waals surface area contributed by atoms with Gasteiger partial charge in [-0.15, -0.1) is 0 Å². The van der Waals surface area contributed by atoms with Crippen molar-refractivity contribution in [3.8, 4) is 12.5 Å². The quantitative estimate of drug-likeness (QED) is 0.707. The Kier molecular flexibility index (Phi) is 4.69. The maximum atomic E-state index is 8.35. The summed E-state index contributed by atoms with van der Waals surface area (Å²) in [6, 6.07) is 7.84. The molecule has 0 unspecified atom stereocenters. The van der Waals surface area contributed by atoms with Gasteiger partial charge in [0.25, 0.3) is 12.5 Å². The van der Waals surface area contributed by atoms with Crippen LogP contribution in [-0.4, -0.2) is 13.2 Å². The zero-order valence-electron chi connectivity index (χ0n) is 9.01. The molecule has 0 aliphatic rings. The number of hydrogen-bond acceptors (Lipinski definition) is 4. The minimum Gasteiger partial charge on any atom is -0.427 e. The number of nitrogens with zero attached hydrogens (tertiary/aromatic N) is 2. The summed E-state index contributed by atoms with van der Waals surface area (Å²) in [5, 5.41) is 16.7. The SMILES string of the molecule is Cc1ccc(C(COC#N)COC#N)cc1. The van der Waals surface area contributed by atoms with Crippen LogP contribution in [0.25, 0.3) is 0 Å². The van der Waals surface area contributed by atoms with Gasteiger partial charge in [0.1, 0.15) is 13.2 Å². The fourth-order valence-corrected chi connectivity index (χ4v) is 1.35. The molecule has 0 radical (unpaired) electrons. The van der Waals surface area contributed by atoms with E-state index in [9.17, 15) is 0 Å². The van der Waals surface area contributed by atoms with E-state index in [0.717, 1.165) is 11.1 Å². The highest BCUT2D eigenvalue weighted by atomic mass is 16.5. The third kappa shape index (κ3) is 3.51. The summed E-state index contributed by atoms with van der Waals surface area (Å²) >= 11 is 0.